The minimum Gasteiger partial charge on any atom is -0.488 e. The molecule has 2 saturated heterocycles. The van der Waals surface area contributed by atoms with Gasteiger partial charge in [-0.15, -0.1) is 0 Å². The van der Waals surface area contributed by atoms with Crippen molar-refractivity contribution in [1.82, 2.24) is 10.2 Å². The van der Waals surface area contributed by atoms with Crippen LogP contribution in [-0.4, -0.2) is 48.6 Å². The highest BCUT2D eigenvalue weighted by atomic mass is 16.5. The summed E-state index contributed by atoms with van der Waals surface area (Å²) < 4.78 is 12.0. The van der Waals surface area contributed by atoms with E-state index >= 15 is 0 Å². The summed E-state index contributed by atoms with van der Waals surface area (Å²) in [6, 6.07) is 17.3. The molecular weight excluding hydrogens is 368 g/mol. The Morgan fingerprint density at radius 2 is 1.79 bits per heavy atom. The minimum absolute atomic E-state index is 0.0296. The Labute approximate surface area is 170 Å². The van der Waals surface area contributed by atoms with E-state index in [0.717, 1.165) is 5.56 Å². The Bertz CT molecular complexity index is 860. The topological polar surface area (TPSA) is 67.9 Å². The molecule has 2 heterocycles. The van der Waals surface area contributed by atoms with Crippen molar-refractivity contribution in [1.29, 1.82) is 0 Å². The zero-order valence-corrected chi connectivity index (χ0v) is 16.4. The smallest absolute Gasteiger partial charge is 0.257 e. The molecule has 2 aliphatic heterocycles. The minimum atomic E-state index is -0.444. The molecule has 0 bridgehead atoms. The van der Waals surface area contributed by atoms with E-state index in [0.29, 0.717) is 63.4 Å². The van der Waals surface area contributed by atoms with Crippen LogP contribution in [0.4, 0.5) is 0 Å². The number of hydrogen-bond donors (Lipinski definition) is 1. The maximum atomic E-state index is 13.2. The number of amides is 2. The van der Waals surface area contributed by atoms with E-state index in [2.05, 4.69) is 5.32 Å². The second-order valence-corrected chi connectivity index (χ2v) is 7.62. The van der Waals surface area contributed by atoms with Gasteiger partial charge in [-0.25, -0.2) is 0 Å². The lowest BCUT2D eigenvalue weighted by Gasteiger charge is -2.40. The van der Waals surface area contributed by atoms with Crippen molar-refractivity contribution in [2.75, 3.05) is 26.2 Å². The van der Waals surface area contributed by atoms with Crippen molar-refractivity contribution in [2.45, 2.75) is 31.5 Å². The Balaban J connectivity index is 1.42. The highest BCUT2D eigenvalue weighted by molar-refractivity contribution is 5.97. The van der Waals surface area contributed by atoms with E-state index in [1.54, 1.807) is 0 Å². The van der Waals surface area contributed by atoms with Crippen LogP contribution >= 0.6 is 0 Å². The normalized spacial score (nSPS) is 18.8. The zero-order valence-electron chi connectivity index (χ0n) is 16.4. The second kappa shape index (κ2) is 8.66. The molecule has 6 heteroatoms. The quantitative estimate of drug-likeness (QED) is 0.866. The monoisotopic (exact) mass is 394 g/mol. The predicted octanol–water partition coefficient (Wildman–Crippen LogP) is 2.78. The number of likely N-dealkylation sites (tertiary alicyclic amines) is 1. The van der Waals surface area contributed by atoms with Crippen LogP contribution in [0.1, 0.15) is 35.2 Å². The van der Waals surface area contributed by atoms with Gasteiger partial charge in [-0.3, -0.25) is 9.59 Å². The highest BCUT2D eigenvalue weighted by Gasteiger charge is 2.40. The first-order valence-corrected chi connectivity index (χ1v) is 10.1. The average Bonchev–Trinajstić information content (AvgIpc) is 2.94. The van der Waals surface area contributed by atoms with Crippen molar-refractivity contribution in [3.8, 4) is 5.75 Å². The number of ether oxygens (including phenoxy) is 2. The molecular formula is C23H26N2O4. The number of piperidine rings is 1. The van der Waals surface area contributed by atoms with Gasteiger partial charge in [-0.2, -0.15) is 0 Å². The molecule has 4 rings (SSSR count). The Morgan fingerprint density at radius 1 is 1.07 bits per heavy atom. The molecule has 0 radical (unpaired) electrons. The van der Waals surface area contributed by atoms with Gasteiger partial charge in [0.05, 0.1) is 24.2 Å². The van der Waals surface area contributed by atoms with Crippen LogP contribution in [0.3, 0.4) is 0 Å². The van der Waals surface area contributed by atoms with E-state index in [1.165, 1.54) is 0 Å². The molecule has 29 heavy (non-hydrogen) atoms. The van der Waals surface area contributed by atoms with Gasteiger partial charge in [0, 0.05) is 19.6 Å². The van der Waals surface area contributed by atoms with Gasteiger partial charge in [0.15, 0.2) is 0 Å². The first-order chi connectivity index (χ1) is 14.2. The third kappa shape index (κ3) is 4.59. The summed E-state index contributed by atoms with van der Waals surface area (Å²) in [5, 5.41) is 2.85. The molecule has 0 aromatic heterocycles. The van der Waals surface area contributed by atoms with E-state index in [4.69, 9.17) is 9.47 Å². The fraction of sp³-hybridized carbons (Fsp3) is 0.391. The first-order valence-electron chi connectivity index (χ1n) is 10.1. The number of carbonyl (C=O) groups is 2. The molecule has 2 aromatic carbocycles. The van der Waals surface area contributed by atoms with Crippen LogP contribution in [0.5, 0.6) is 5.75 Å². The number of para-hydroxylation sites is 1. The Morgan fingerprint density at radius 3 is 2.59 bits per heavy atom. The lowest BCUT2D eigenvalue weighted by atomic mass is 9.87. The van der Waals surface area contributed by atoms with Crippen molar-refractivity contribution in [2.24, 2.45) is 0 Å². The second-order valence-electron chi connectivity index (χ2n) is 7.62. The molecule has 1 N–H and O–H groups in total. The molecule has 152 valence electrons. The molecule has 2 fully saturated rings. The van der Waals surface area contributed by atoms with E-state index < -0.39 is 5.60 Å². The number of nitrogens with zero attached hydrogens (tertiary/aromatic N) is 1. The van der Waals surface area contributed by atoms with Crippen LogP contribution in [-0.2, 0) is 16.1 Å². The summed E-state index contributed by atoms with van der Waals surface area (Å²) >= 11 is 0. The SMILES string of the molecule is O=C1CC2(CCN(C(=O)c3ccccc3OCc3ccccc3)CC2)OCCN1. The lowest BCUT2D eigenvalue weighted by Crippen LogP contribution is -2.49. The molecule has 2 amide bonds. The molecule has 2 aromatic rings. The van der Waals surface area contributed by atoms with Gasteiger partial charge in [-0.1, -0.05) is 42.5 Å². The standard InChI is InChI=1S/C23H26N2O4/c26-21-16-23(29-15-12-24-21)10-13-25(14-11-23)22(27)19-8-4-5-9-20(19)28-17-18-6-2-1-3-7-18/h1-9H,10-17H2,(H,24,26). The highest BCUT2D eigenvalue weighted by Crippen LogP contribution is 2.32. The van der Waals surface area contributed by atoms with Crippen molar-refractivity contribution in [3.63, 3.8) is 0 Å². The van der Waals surface area contributed by atoms with Crippen LogP contribution in [0.25, 0.3) is 0 Å². The van der Waals surface area contributed by atoms with Crippen LogP contribution in [0.15, 0.2) is 54.6 Å². The van der Waals surface area contributed by atoms with Crippen molar-refractivity contribution in [3.05, 3.63) is 65.7 Å². The summed E-state index contributed by atoms with van der Waals surface area (Å²) in [6.45, 7) is 2.63. The van der Waals surface area contributed by atoms with Crippen molar-refractivity contribution < 1.29 is 19.1 Å². The maximum Gasteiger partial charge on any atom is 0.257 e. The van der Waals surface area contributed by atoms with E-state index in [9.17, 15) is 9.59 Å². The van der Waals surface area contributed by atoms with Gasteiger partial charge < -0.3 is 19.7 Å². The summed E-state index contributed by atoms with van der Waals surface area (Å²) in [5.41, 5.74) is 1.18. The molecule has 0 aliphatic carbocycles. The average molecular weight is 394 g/mol. The third-order valence-electron chi connectivity index (χ3n) is 5.63. The van der Waals surface area contributed by atoms with E-state index in [1.807, 2.05) is 59.5 Å². The predicted molar refractivity (Wildman–Crippen MR) is 109 cm³/mol. The molecule has 6 nitrogen and oxygen atoms in total. The van der Waals surface area contributed by atoms with Crippen LogP contribution in [0.2, 0.25) is 0 Å². The number of carbonyl (C=O) groups excluding carboxylic acids is 2. The summed E-state index contributed by atoms with van der Waals surface area (Å²) in [7, 11) is 0. The number of rotatable bonds is 4. The van der Waals surface area contributed by atoms with Gasteiger partial charge in [0.25, 0.3) is 5.91 Å². The summed E-state index contributed by atoms with van der Waals surface area (Å²) in [5.74, 6) is 0.579. The summed E-state index contributed by atoms with van der Waals surface area (Å²) in [6.07, 6.45) is 1.70. The van der Waals surface area contributed by atoms with Crippen LogP contribution < -0.4 is 10.1 Å². The fourth-order valence-corrected chi connectivity index (χ4v) is 3.98. The molecule has 0 unspecified atom stereocenters. The van der Waals surface area contributed by atoms with Gasteiger partial charge >= 0.3 is 0 Å². The van der Waals surface area contributed by atoms with Gasteiger partial charge in [-0.05, 0) is 30.5 Å². The Hall–Kier alpha value is -2.86. The maximum absolute atomic E-state index is 13.2. The van der Waals surface area contributed by atoms with E-state index in [-0.39, 0.29) is 11.8 Å². The van der Waals surface area contributed by atoms with Crippen molar-refractivity contribution >= 4 is 11.8 Å². The Kier molecular flexibility index (Phi) is 5.81. The zero-order chi connectivity index (χ0) is 20.1. The number of hydrogen-bond acceptors (Lipinski definition) is 4. The van der Waals surface area contributed by atoms with Gasteiger partial charge in [0.1, 0.15) is 12.4 Å². The largest absolute Gasteiger partial charge is 0.488 e. The molecule has 1 spiro atoms. The molecule has 0 atom stereocenters. The van der Waals surface area contributed by atoms with Crippen LogP contribution in [0, 0.1) is 0 Å². The lowest BCUT2D eigenvalue weighted by molar-refractivity contribution is -0.127. The first kappa shape index (κ1) is 19.5. The van der Waals surface area contributed by atoms with Gasteiger partial charge in [0.2, 0.25) is 5.91 Å². The number of benzene rings is 2. The molecule has 2 aliphatic rings. The fourth-order valence-electron chi connectivity index (χ4n) is 3.98. The summed E-state index contributed by atoms with van der Waals surface area (Å²) in [4.78, 5) is 26.9. The third-order valence-corrected chi connectivity index (χ3v) is 5.63. The molecule has 0 saturated carbocycles. The number of nitrogens with one attached hydrogen (secondary N) is 1.